The molecular weight excluding hydrogens is 374 g/mol. The highest BCUT2D eigenvalue weighted by Crippen LogP contribution is 2.18. The molecule has 0 unspecified atom stereocenters. The zero-order valence-electron chi connectivity index (χ0n) is 15.3. The highest BCUT2D eigenvalue weighted by atomic mass is 32.2. The Kier molecular flexibility index (Phi) is 6.70. The van der Waals surface area contributed by atoms with Crippen LogP contribution in [0.5, 0.6) is 0 Å². The van der Waals surface area contributed by atoms with Gasteiger partial charge in [0.25, 0.3) is 5.91 Å². The molecule has 0 radical (unpaired) electrons. The van der Waals surface area contributed by atoms with Crippen molar-refractivity contribution in [2.24, 2.45) is 0 Å². The van der Waals surface area contributed by atoms with Gasteiger partial charge in [-0.2, -0.15) is 0 Å². The van der Waals surface area contributed by atoms with E-state index in [9.17, 15) is 18.0 Å². The minimum absolute atomic E-state index is 0.0458. The van der Waals surface area contributed by atoms with E-state index in [0.717, 1.165) is 0 Å². The van der Waals surface area contributed by atoms with Crippen molar-refractivity contribution in [3.05, 3.63) is 41.8 Å². The van der Waals surface area contributed by atoms with Crippen LogP contribution in [0.2, 0.25) is 0 Å². The lowest BCUT2D eigenvalue weighted by Crippen LogP contribution is -2.32. The van der Waals surface area contributed by atoms with Crippen molar-refractivity contribution >= 4 is 27.6 Å². The number of rotatable bonds is 8. The minimum Gasteiger partial charge on any atom is -0.456 e. The Morgan fingerprint density at radius 2 is 1.89 bits per heavy atom. The number of amides is 1. The minimum atomic E-state index is -3.84. The summed E-state index contributed by atoms with van der Waals surface area (Å²) in [5.41, 5.74) is 0.905. The molecule has 146 valence electrons. The van der Waals surface area contributed by atoms with Gasteiger partial charge in [0.2, 0.25) is 10.0 Å². The van der Waals surface area contributed by atoms with E-state index in [-0.39, 0.29) is 29.3 Å². The summed E-state index contributed by atoms with van der Waals surface area (Å²) in [6, 6.07) is 8.91. The summed E-state index contributed by atoms with van der Waals surface area (Å²) in [5.74, 6) is -0.922. The lowest BCUT2D eigenvalue weighted by molar-refractivity contribution is -0.147. The quantitative estimate of drug-likeness (QED) is 0.666. The van der Waals surface area contributed by atoms with Gasteiger partial charge in [0.15, 0.2) is 12.4 Å². The molecule has 2 rings (SSSR count). The topological polar surface area (TPSA) is 119 Å². The third-order valence-electron chi connectivity index (χ3n) is 3.73. The molecule has 9 nitrogen and oxygen atoms in total. The van der Waals surface area contributed by atoms with E-state index in [2.05, 4.69) is 9.88 Å². The fraction of sp³-hybridized carbons (Fsp3) is 0.353. The standard InChI is InChI=1S/C17H21N3O6S/c1-12-17(13(2)26-19-12)27(23,24)18-10-9-16(22)25-11-15(21)20(3)14-7-5-4-6-8-14/h4-8,18H,9-11H2,1-3H3. The van der Waals surface area contributed by atoms with Gasteiger partial charge in [-0.25, -0.2) is 13.1 Å². The average molecular weight is 395 g/mol. The van der Waals surface area contributed by atoms with Crippen molar-refractivity contribution in [2.75, 3.05) is 25.1 Å². The van der Waals surface area contributed by atoms with Crippen LogP contribution in [0.15, 0.2) is 39.8 Å². The predicted molar refractivity (Wildman–Crippen MR) is 96.6 cm³/mol. The molecule has 27 heavy (non-hydrogen) atoms. The lowest BCUT2D eigenvalue weighted by atomic mass is 10.3. The lowest BCUT2D eigenvalue weighted by Gasteiger charge is -2.17. The zero-order valence-corrected chi connectivity index (χ0v) is 16.1. The van der Waals surface area contributed by atoms with Gasteiger partial charge in [-0.15, -0.1) is 0 Å². The molecule has 10 heteroatoms. The number of carbonyl (C=O) groups excluding carboxylic acids is 2. The SMILES string of the molecule is Cc1noc(C)c1S(=O)(=O)NCCC(=O)OCC(=O)N(C)c1ccccc1. The number of carbonyl (C=O) groups is 2. The van der Waals surface area contributed by atoms with E-state index in [4.69, 9.17) is 9.26 Å². The Hall–Kier alpha value is -2.72. The van der Waals surface area contributed by atoms with Crippen LogP contribution in [0.25, 0.3) is 0 Å². The van der Waals surface area contributed by atoms with Gasteiger partial charge in [-0.3, -0.25) is 9.59 Å². The Labute approximate surface area is 157 Å². The molecule has 0 saturated heterocycles. The number of sulfonamides is 1. The van der Waals surface area contributed by atoms with Gasteiger partial charge in [0.1, 0.15) is 10.6 Å². The van der Waals surface area contributed by atoms with Gasteiger partial charge >= 0.3 is 5.97 Å². The van der Waals surface area contributed by atoms with Crippen molar-refractivity contribution in [1.29, 1.82) is 0 Å². The average Bonchev–Trinajstić information content (AvgIpc) is 2.98. The zero-order chi connectivity index (χ0) is 20.0. The van der Waals surface area contributed by atoms with E-state index < -0.39 is 28.5 Å². The van der Waals surface area contributed by atoms with Crippen molar-refractivity contribution in [3.8, 4) is 0 Å². The third-order valence-corrected chi connectivity index (χ3v) is 5.44. The number of benzene rings is 1. The Bertz CT molecular complexity index is 889. The maximum atomic E-state index is 12.2. The molecule has 0 aliphatic carbocycles. The number of aromatic nitrogens is 1. The Morgan fingerprint density at radius 1 is 1.22 bits per heavy atom. The van der Waals surface area contributed by atoms with Crippen LogP contribution in [0.4, 0.5) is 5.69 Å². The van der Waals surface area contributed by atoms with E-state index in [0.29, 0.717) is 5.69 Å². The largest absolute Gasteiger partial charge is 0.456 e. The predicted octanol–water partition coefficient (Wildman–Crippen LogP) is 1.17. The van der Waals surface area contributed by atoms with E-state index in [1.54, 1.807) is 31.3 Å². The number of likely N-dealkylation sites (N-methyl/N-ethyl adjacent to an activating group) is 1. The van der Waals surface area contributed by atoms with Crippen LogP contribution in [-0.2, 0) is 24.3 Å². The number of para-hydroxylation sites is 1. The number of aryl methyl sites for hydroxylation is 2. The normalized spacial score (nSPS) is 11.2. The summed E-state index contributed by atoms with van der Waals surface area (Å²) in [7, 11) is -2.27. The molecule has 1 amide bonds. The number of nitrogens with zero attached hydrogens (tertiary/aromatic N) is 2. The molecule has 0 fully saturated rings. The van der Waals surface area contributed by atoms with Crippen LogP contribution in [0, 0.1) is 13.8 Å². The number of esters is 1. The van der Waals surface area contributed by atoms with Crippen molar-refractivity contribution in [1.82, 2.24) is 9.88 Å². The third kappa shape index (κ3) is 5.38. The maximum absolute atomic E-state index is 12.2. The van der Waals surface area contributed by atoms with Crippen LogP contribution in [0.1, 0.15) is 17.9 Å². The first-order valence-electron chi connectivity index (χ1n) is 8.12. The highest BCUT2D eigenvalue weighted by Gasteiger charge is 2.24. The van der Waals surface area contributed by atoms with Crippen LogP contribution < -0.4 is 9.62 Å². The second-order valence-electron chi connectivity index (χ2n) is 5.75. The Balaban J connectivity index is 1.79. The fourth-order valence-electron chi connectivity index (χ4n) is 2.32. The first kappa shape index (κ1) is 20.6. The molecule has 0 aliphatic heterocycles. The second kappa shape index (κ2) is 8.78. The molecule has 0 saturated carbocycles. The monoisotopic (exact) mass is 395 g/mol. The van der Waals surface area contributed by atoms with Crippen molar-refractivity contribution in [3.63, 3.8) is 0 Å². The number of nitrogens with one attached hydrogen (secondary N) is 1. The Morgan fingerprint density at radius 3 is 2.48 bits per heavy atom. The van der Waals surface area contributed by atoms with Gasteiger partial charge in [0.05, 0.1) is 6.42 Å². The summed E-state index contributed by atoms with van der Waals surface area (Å²) in [5, 5.41) is 3.59. The van der Waals surface area contributed by atoms with Gasteiger partial charge in [-0.1, -0.05) is 23.4 Å². The number of anilines is 1. The van der Waals surface area contributed by atoms with Crippen molar-refractivity contribution < 1.29 is 27.3 Å². The van der Waals surface area contributed by atoms with Crippen LogP contribution >= 0.6 is 0 Å². The van der Waals surface area contributed by atoms with Crippen molar-refractivity contribution in [2.45, 2.75) is 25.2 Å². The highest BCUT2D eigenvalue weighted by molar-refractivity contribution is 7.89. The van der Waals surface area contributed by atoms with Crippen LogP contribution in [0.3, 0.4) is 0 Å². The van der Waals surface area contributed by atoms with Gasteiger partial charge in [0, 0.05) is 19.3 Å². The second-order valence-corrected chi connectivity index (χ2v) is 7.45. The number of ether oxygens (including phenoxy) is 1. The summed E-state index contributed by atoms with van der Waals surface area (Å²) in [6.07, 6.45) is -0.217. The molecule has 1 N–H and O–H groups in total. The van der Waals surface area contributed by atoms with E-state index >= 15 is 0 Å². The fourth-order valence-corrected chi connectivity index (χ4v) is 3.68. The van der Waals surface area contributed by atoms with Gasteiger partial charge < -0.3 is 14.2 Å². The molecule has 0 spiro atoms. The molecule has 1 aromatic carbocycles. The number of hydrogen-bond donors (Lipinski definition) is 1. The first-order chi connectivity index (χ1) is 12.7. The molecule has 0 atom stereocenters. The van der Waals surface area contributed by atoms with Crippen LogP contribution in [-0.4, -0.2) is 45.7 Å². The molecule has 1 heterocycles. The summed E-state index contributed by atoms with van der Waals surface area (Å²) < 4.78 is 36.4. The summed E-state index contributed by atoms with van der Waals surface area (Å²) >= 11 is 0. The molecule has 2 aromatic rings. The molecule has 0 aliphatic rings. The van der Waals surface area contributed by atoms with E-state index in [1.807, 2.05) is 6.07 Å². The first-order valence-corrected chi connectivity index (χ1v) is 9.60. The van der Waals surface area contributed by atoms with E-state index in [1.165, 1.54) is 18.7 Å². The summed E-state index contributed by atoms with van der Waals surface area (Å²) in [4.78, 5) is 25.1. The smallest absolute Gasteiger partial charge is 0.307 e. The maximum Gasteiger partial charge on any atom is 0.307 e. The molecular formula is C17H21N3O6S. The summed E-state index contributed by atoms with van der Waals surface area (Å²) in [6.45, 7) is 2.39. The molecule has 1 aromatic heterocycles. The van der Waals surface area contributed by atoms with Gasteiger partial charge in [-0.05, 0) is 26.0 Å². The number of hydrogen-bond acceptors (Lipinski definition) is 7. The molecule has 0 bridgehead atoms.